The first-order valence-electron chi connectivity index (χ1n) is 8.20. The molecule has 1 amide bonds. The molecule has 1 atom stereocenters. The number of carbonyl (C=O) groups excluding carboxylic acids is 2. The number of esters is 1. The third kappa shape index (κ3) is 5.72. The molecule has 2 aromatic rings. The van der Waals surface area contributed by atoms with Gasteiger partial charge in [-0.15, -0.1) is 0 Å². The monoisotopic (exact) mass is 407 g/mol. The van der Waals surface area contributed by atoms with Crippen molar-refractivity contribution in [3.63, 3.8) is 0 Å². The lowest BCUT2D eigenvalue weighted by atomic mass is 10.1. The zero-order valence-corrected chi connectivity index (χ0v) is 16.2. The van der Waals surface area contributed by atoms with Gasteiger partial charge in [-0.25, -0.2) is 9.18 Å². The molecule has 0 fully saturated rings. The van der Waals surface area contributed by atoms with Gasteiger partial charge in [-0.3, -0.25) is 4.79 Å². The molecule has 0 heterocycles. The highest BCUT2D eigenvalue weighted by Crippen LogP contribution is 2.25. The molecule has 0 saturated heterocycles. The van der Waals surface area contributed by atoms with Crippen LogP contribution in [-0.2, 0) is 14.3 Å². The van der Waals surface area contributed by atoms with Crippen molar-refractivity contribution in [1.29, 1.82) is 0 Å². The van der Waals surface area contributed by atoms with Gasteiger partial charge in [0.1, 0.15) is 17.3 Å². The van der Waals surface area contributed by atoms with Crippen molar-refractivity contribution in [2.24, 2.45) is 0 Å². The Bertz CT molecular complexity index is 900. The van der Waals surface area contributed by atoms with E-state index in [1.54, 1.807) is 18.2 Å². The van der Waals surface area contributed by atoms with Crippen LogP contribution in [0.15, 0.2) is 42.5 Å². The maximum atomic E-state index is 13.1. The zero-order chi connectivity index (χ0) is 20.7. The van der Waals surface area contributed by atoms with E-state index in [0.29, 0.717) is 17.1 Å². The van der Waals surface area contributed by atoms with Gasteiger partial charge in [0.05, 0.1) is 24.9 Å². The Hall–Kier alpha value is -3.06. The predicted molar refractivity (Wildman–Crippen MR) is 104 cm³/mol. The summed E-state index contributed by atoms with van der Waals surface area (Å²) in [5.41, 5.74) is 0.821. The summed E-state index contributed by atoms with van der Waals surface area (Å²) in [6, 6.07) is 8.66. The number of anilines is 1. The van der Waals surface area contributed by atoms with E-state index >= 15 is 0 Å². The van der Waals surface area contributed by atoms with Crippen LogP contribution in [0.2, 0.25) is 5.02 Å². The SMILES string of the molecule is COc1ccc(OC)c(/C=C/C(=O)O[C@@H](C)C(=O)Nc2ccc(F)cc2Cl)c1. The summed E-state index contributed by atoms with van der Waals surface area (Å²) in [7, 11) is 3.03. The van der Waals surface area contributed by atoms with Gasteiger partial charge in [0.15, 0.2) is 6.10 Å². The van der Waals surface area contributed by atoms with Gasteiger partial charge in [0.25, 0.3) is 5.91 Å². The largest absolute Gasteiger partial charge is 0.497 e. The number of amides is 1. The van der Waals surface area contributed by atoms with Gasteiger partial charge in [-0.1, -0.05) is 11.6 Å². The third-order valence-electron chi connectivity index (χ3n) is 3.69. The van der Waals surface area contributed by atoms with E-state index in [1.807, 2.05) is 0 Å². The van der Waals surface area contributed by atoms with Crippen LogP contribution in [0, 0.1) is 5.82 Å². The molecule has 8 heteroatoms. The van der Waals surface area contributed by atoms with E-state index in [9.17, 15) is 14.0 Å². The molecule has 2 aromatic carbocycles. The fourth-order valence-corrected chi connectivity index (χ4v) is 2.43. The van der Waals surface area contributed by atoms with Crippen molar-refractivity contribution >= 4 is 35.2 Å². The van der Waals surface area contributed by atoms with Crippen molar-refractivity contribution in [3.05, 3.63) is 58.9 Å². The molecule has 6 nitrogen and oxygen atoms in total. The summed E-state index contributed by atoms with van der Waals surface area (Å²) in [6.07, 6.45) is 1.57. The third-order valence-corrected chi connectivity index (χ3v) is 4.00. The van der Waals surface area contributed by atoms with E-state index in [0.717, 1.165) is 12.1 Å². The smallest absolute Gasteiger partial charge is 0.331 e. The molecule has 148 valence electrons. The molecule has 1 N–H and O–H groups in total. The lowest BCUT2D eigenvalue weighted by Gasteiger charge is -2.13. The highest BCUT2D eigenvalue weighted by atomic mass is 35.5. The first kappa shape index (κ1) is 21.2. The number of ether oxygens (including phenoxy) is 3. The second-order valence-corrected chi connectivity index (χ2v) is 6.04. The Morgan fingerprint density at radius 3 is 2.54 bits per heavy atom. The molecule has 0 aliphatic rings. The van der Waals surface area contributed by atoms with Crippen LogP contribution in [0.3, 0.4) is 0 Å². The molecule has 0 spiro atoms. The number of hydrogen-bond acceptors (Lipinski definition) is 5. The topological polar surface area (TPSA) is 73.9 Å². The minimum absolute atomic E-state index is 0.0388. The van der Waals surface area contributed by atoms with Gasteiger partial charge in [0, 0.05) is 11.6 Å². The Morgan fingerprint density at radius 2 is 1.89 bits per heavy atom. The van der Waals surface area contributed by atoms with Crippen LogP contribution < -0.4 is 14.8 Å². The van der Waals surface area contributed by atoms with Crippen molar-refractivity contribution in [3.8, 4) is 11.5 Å². The summed E-state index contributed by atoms with van der Waals surface area (Å²) in [5.74, 6) is -0.716. The minimum atomic E-state index is -1.09. The summed E-state index contributed by atoms with van der Waals surface area (Å²) in [5, 5.41) is 2.51. The van der Waals surface area contributed by atoms with Crippen molar-refractivity contribution < 1.29 is 28.2 Å². The highest BCUT2D eigenvalue weighted by molar-refractivity contribution is 6.33. The summed E-state index contributed by atoms with van der Waals surface area (Å²) in [6.45, 7) is 1.41. The van der Waals surface area contributed by atoms with Crippen molar-refractivity contribution in [1.82, 2.24) is 0 Å². The normalized spacial score (nSPS) is 11.8. The maximum Gasteiger partial charge on any atom is 0.331 e. The molecule has 0 aromatic heterocycles. The van der Waals surface area contributed by atoms with Crippen LogP contribution in [-0.4, -0.2) is 32.2 Å². The van der Waals surface area contributed by atoms with E-state index < -0.39 is 23.8 Å². The Morgan fingerprint density at radius 1 is 1.14 bits per heavy atom. The minimum Gasteiger partial charge on any atom is -0.497 e. The number of benzene rings is 2. The molecule has 2 rings (SSSR count). The molecule has 0 unspecified atom stereocenters. The molecule has 0 aliphatic heterocycles. The number of halogens is 2. The van der Waals surface area contributed by atoms with Crippen LogP contribution >= 0.6 is 11.6 Å². The van der Waals surface area contributed by atoms with Crippen LogP contribution in [0.25, 0.3) is 6.08 Å². The van der Waals surface area contributed by atoms with E-state index in [-0.39, 0.29) is 10.7 Å². The average Bonchev–Trinajstić information content (AvgIpc) is 2.68. The van der Waals surface area contributed by atoms with Gasteiger partial charge < -0.3 is 19.5 Å². The van der Waals surface area contributed by atoms with Gasteiger partial charge in [-0.2, -0.15) is 0 Å². The molecular weight excluding hydrogens is 389 g/mol. The maximum absolute atomic E-state index is 13.1. The highest BCUT2D eigenvalue weighted by Gasteiger charge is 2.18. The molecule has 0 radical (unpaired) electrons. The standard InChI is InChI=1S/C20H19ClFNO5/c1-12(20(25)23-17-7-5-14(22)11-16(17)21)28-19(24)9-4-13-10-15(26-2)6-8-18(13)27-3/h4-12H,1-3H3,(H,23,25)/b9-4+/t12-/m0/s1. The quantitative estimate of drug-likeness (QED) is 0.553. The number of rotatable bonds is 7. The fourth-order valence-electron chi connectivity index (χ4n) is 2.22. The zero-order valence-electron chi connectivity index (χ0n) is 15.5. The van der Waals surface area contributed by atoms with Crippen LogP contribution in [0.5, 0.6) is 11.5 Å². The summed E-state index contributed by atoms with van der Waals surface area (Å²) < 4.78 is 28.5. The summed E-state index contributed by atoms with van der Waals surface area (Å²) in [4.78, 5) is 24.2. The molecule has 28 heavy (non-hydrogen) atoms. The lowest BCUT2D eigenvalue weighted by Crippen LogP contribution is -2.29. The van der Waals surface area contributed by atoms with Gasteiger partial charge >= 0.3 is 5.97 Å². The van der Waals surface area contributed by atoms with Gasteiger partial charge in [0.2, 0.25) is 0 Å². The summed E-state index contributed by atoms with van der Waals surface area (Å²) >= 11 is 5.86. The fraction of sp³-hybridized carbons (Fsp3) is 0.200. The van der Waals surface area contributed by atoms with E-state index in [4.69, 9.17) is 25.8 Å². The number of methoxy groups -OCH3 is 2. The molecular formula is C20H19ClFNO5. The number of nitrogens with one attached hydrogen (secondary N) is 1. The molecule has 0 aliphatic carbocycles. The van der Waals surface area contributed by atoms with Crippen LogP contribution in [0.4, 0.5) is 10.1 Å². The van der Waals surface area contributed by atoms with E-state index in [1.165, 1.54) is 39.4 Å². The Balaban J connectivity index is 2.00. The number of hydrogen-bond donors (Lipinski definition) is 1. The van der Waals surface area contributed by atoms with Crippen molar-refractivity contribution in [2.45, 2.75) is 13.0 Å². The average molecular weight is 408 g/mol. The van der Waals surface area contributed by atoms with Crippen molar-refractivity contribution in [2.75, 3.05) is 19.5 Å². The second-order valence-electron chi connectivity index (χ2n) is 5.63. The molecule has 0 saturated carbocycles. The van der Waals surface area contributed by atoms with E-state index in [2.05, 4.69) is 5.32 Å². The Labute approximate surface area is 166 Å². The lowest BCUT2D eigenvalue weighted by molar-refractivity contribution is -0.148. The van der Waals surface area contributed by atoms with Crippen LogP contribution in [0.1, 0.15) is 12.5 Å². The second kappa shape index (κ2) is 9.75. The molecule has 0 bridgehead atoms. The first-order chi connectivity index (χ1) is 13.3. The predicted octanol–water partition coefficient (Wildman–Crippen LogP) is 4.08. The number of carbonyl (C=O) groups is 2. The Kier molecular flexibility index (Phi) is 7.40. The first-order valence-corrected chi connectivity index (χ1v) is 8.58. The van der Waals surface area contributed by atoms with Gasteiger partial charge in [-0.05, 0) is 49.4 Å².